The summed E-state index contributed by atoms with van der Waals surface area (Å²) in [4.78, 5) is 0. The highest BCUT2D eigenvalue weighted by Crippen LogP contribution is 2.60. The predicted octanol–water partition coefficient (Wildman–Crippen LogP) is 9.71. The zero-order valence-corrected chi connectivity index (χ0v) is 24.1. The minimum absolute atomic E-state index is 0.214. The van der Waals surface area contributed by atoms with Crippen LogP contribution >= 0.6 is 8.53 Å². The van der Waals surface area contributed by atoms with E-state index in [2.05, 4.69) is 121 Å². The fourth-order valence-electron chi connectivity index (χ4n) is 7.32. The van der Waals surface area contributed by atoms with Crippen molar-refractivity contribution in [1.82, 2.24) is 0 Å². The van der Waals surface area contributed by atoms with E-state index in [1.807, 2.05) is 0 Å². The van der Waals surface area contributed by atoms with Crippen LogP contribution in [-0.4, -0.2) is 0 Å². The summed E-state index contributed by atoms with van der Waals surface area (Å²) in [6.07, 6.45) is 8.58. The molecule has 40 heavy (non-hydrogen) atoms. The second-order valence-corrected chi connectivity index (χ2v) is 12.3. The van der Waals surface area contributed by atoms with Crippen molar-refractivity contribution in [3.63, 3.8) is 0 Å². The Morgan fingerprint density at radius 2 is 0.850 bits per heavy atom. The van der Waals surface area contributed by atoms with Gasteiger partial charge in [-0.05, 0) is 47.9 Å². The Bertz CT molecular complexity index is 1230. The zero-order chi connectivity index (χ0) is 27.3. The van der Waals surface area contributed by atoms with Crippen LogP contribution in [0.2, 0.25) is 0 Å². The van der Waals surface area contributed by atoms with Crippen molar-refractivity contribution in [2.24, 2.45) is 5.50 Å². The largest absolute Gasteiger partial charge is 0.310 e. The van der Waals surface area contributed by atoms with Crippen molar-refractivity contribution < 1.29 is 9.05 Å². The van der Waals surface area contributed by atoms with Crippen molar-refractivity contribution >= 4 is 8.53 Å². The fourth-order valence-corrected chi connectivity index (χ4v) is 8.65. The molecule has 4 heteroatoms. The molecule has 2 N–H and O–H groups in total. The summed E-state index contributed by atoms with van der Waals surface area (Å²) >= 11 is 0. The van der Waals surface area contributed by atoms with Gasteiger partial charge in [0.1, 0.15) is 11.2 Å². The number of hydrogen-bond donors (Lipinski definition) is 1. The van der Waals surface area contributed by atoms with Crippen LogP contribution in [0.5, 0.6) is 0 Å². The maximum absolute atomic E-state index is 7.19. The first-order valence-corrected chi connectivity index (χ1v) is 16.1. The van der Waals surface area contributed by atoms with E-state index in [-0.39, 0.29) is 11.8 Å². The van der Waals surface area contributed by atoms with Crippen LogP contribution in [0, 0.1) is 0 Å². The summed E-state index contributed by atoms with van der Waals surface area (Å²) < 4.78 is 14.4. The lowest BCUT2D eigenvalue weighted by atomic mass is 9.69. The molecule has 2 fully saturated rings. The van der Waals surface area contributed by atoms with E-state index in [1.54, 1.807) is 0 Å². The summed E-state index contributed by atoms with van der Waals surface area (Å²) in [7, 11) is -1.70. The molecule has 2 aliphatic carbocycles. The second kappa shape index (κ2) is 12.4. The molecule has 4 atom stereocenters. The summed E-state index contributed by atoms with van der Waals surface area (Å²) in [5, 5.41) is 0. The lowest BCUT2D eigenvalue weighted by Gasteiger charge is -2.49. The predicted molar refractivity (Wildman–Crippen MR) is 165 cm³/mol. The van der Waals surface area contributed by atoms with Gasteiger partial charge >= 0.3 is 0 Å². The van der Waals surface area contributed by atoms with E-state index >= 15 is 0 Å². The second-order valence-electron chi connectivity index (χ2n) is 11.4. The van der Waals surface area contributed by atoms with E-state index in [9.17, 15) is 0 Å². The number of benzene rings is 4. The highest BCUT2D eigenvalue weighted by Gasteiger charge is 2.50. The maximum atomic E-state index is 7.19. The molecule has 0 radical (unpaired) electrons. The van der Waals surface area contributed by atoms with E-state index in [1.165, 1.54) is 35.1 Å². The molecule has 0 heterocycles. The van der Waals surface area contributed by atoms with Gasteiger partial charge in [-0.3, -0.25) is 5.50 Å². The van der Waals surface area contributed by atoms with Crippen molar-refractivity contribution in [2.75, 3.05) is 0 Å². The Balaban J connectivity index is 1.40. The first kappa shape index (κ1) is 27.4. The molecule has 4 aromatic carbocycles. The van der Waals surface area contributed by atoms with Gasteiger partial charge in [0.05, 0.1) is 0 Å². The van der Waals surface area contributed by atoms with Crippen LogP contribution < -0.4 is 5.50 Å². The van der Waals surface area contributed by atoms with Crippen molar-refractivity contribution in [1.29, 1.82) is 0 Å². The molecule has 4 aromatic rings. The highest BCUT2D eigenvalue weighted by molar-refractivity contribution is 7.44. The molecule has 0 aliphatic heterocycles. The van der Waals surface area contributed by atoms with Crippen molar-refractivity contribution in [3.05, 3.63) is 144 Å². The van der Waals surface area contributed by atoms with Gasteiger partial charge < -0.3 is 9.05 Å². The molecular weight excluding hydrogens is 509 g/mol. The lowest BCUT2D eigenvalue weighted by molar-refractivity contribution is -0.0409. The van der Waals surface area contributed by atoms with Gasteiger partial charge in [-0.25, -0.2) is 0 Å². The number of rotatable bonds is 8. The highest BCUT2D eigenvalue weighted by atomic mass is 31.2. The molecule has 3 nitrogen and oxygen atoms in total. The minimum atomic E-state index is -1.70. The van der Waals surface area contributed by atoms with E-state index in [0.29, 0.717) is 0 Å². The Morgan fingerprint density at radius 1 is 0.500 bits per heavy atom. The average Bonchev–Trinajstić information content (AvgIpc) is 3.03. The van der Waals surface area contributed by atoms with Gasteiger partial charge in [-0.2, -0.15) is 0 Å². The Morgan fingerprint density at radius 3 is 1.23 bits per heavy atom. The summed E-state index contributed by atoms with van der Waals surface area (Å²) in [6.45, 7) is 0. The molecule has 206 valence electrons. The van der Waals surface area contributed by atoms with Crippen LogP contribution in [0.4, 0.5) is 0 Å². The van der Waals surface area contributed by atoms with E-state index in [4.69, 9.17) is 14.6 Å². The molecule has 2 aliphatic rings. The Kier molecular flexibility index (Phi) is 8.46. The van der Waals surface area contributed by atoms with Gasteiger partial charge in [0.15, 0.2) is 0 Å². The van der Waals surface area contributed by atoms with Gasteiger partial charge in [-0.15, -0.1) is 0 Å². The van der Waals surface area contributed by atoms with Crippen molar-refractivity contribution in [3.8, 4) is 0 Å². The van der Waals surface area contributed by atoms with Gasteiger partial charge in [0.2, 0.25) is 0 Å². The molecular formula is C36H40NO2P. The van der Waals surface area contributed by atoms with E-state index < -0.39 is 19.7 Å². The van der Waals surface area contributed by atoms with Crippen LogP contribution in [0.1, 0.15) is 85.5 Å². The summed E-state index contributed by atoms with van der Waals surface area (Å²) in [6, 6.07) is 43.2. The van der Waals surface area contributed by atoms with E-state index in [0.717, 1.165) is 38.5 Å². The van der Waals surface area contributed by atoms with Gasteiger partial charge in [0, 0.05) is 11.8 Å². The van der Waals surface area contributed by atoms with Crippen molar-refractivity contribution in [2.45, 2.75) is 74.4 Å². The third kappa shape index (κ3) is 5.41. The molecule has 0 bridgehead atoms. The third-order valence-corrected chi connectivity index (χ3v) is 10.2. The fraction of sp³-hybridized carbons (Fsp3) is 0.333. The quantitative estimate of drug-likeness (QED) is 0.223. The molecule has 0 spiro atoms. The smallest absolute Gasteiger partial charge is 0.254 e. The van der Waals surface area contributed by atoms with Gasteiger partial charge in [0.25, 0.3) is 8.53 Å². The van der Waals surface area contributed by atoms with Crippen LogP contribution in [0.15, 0.2) is 121 Å². The van der Waals surface area contributed by atoms with Crippen LogP contribution in [-0.2, 0) is 20.2 Å². The minimum Gasteiger partial charge on any atom is -0.310 e. The van der Waals surface area contributed by atoms with Crippen LogP contribution in [0.3, 0.4) is 0 Å². The average molecular weight is 550 g/mol. The standard InChI is InChI=1S/C36H40NO2P/c37-40(38-35(31-21-9-3-10-22-31)27-15-13-25-33(35)29-17-5-1-6-18-29)39-36(32-23-11-4-12-24-32)28-16-14-26-34(36)30-19-7-2-8-20-30/h1-12,17-24,33-34H,13-16,25-28,37H2. The summed E-state index contributed by atoms with van der Waals surface area (Å²) in [5.74, 6) is 0.428. The lowest BCUT2D eigenvalue weighted by Crippen LogP contribution is -2.42. The SMILES string of the molecule is NP(OC1(c2ccccc2)CCCCC1c1ccccc1)OC1(c2ccccc2)CCCCC1c1ccccc1. The monoisotopic (exact) mass is 549 g/mol. The first-order valence-electron chi connectivity index (χ1n) is 14.9. The number of hydrogen-bond acceptors (Lipinski definition) is 3. The first-order chi connectivity index (χ1) is 19.7. The molecule has 6 rings (SSSR count). The topological polar surface area (TPSA) is 44.5 Å². The molecule has 2 saturated carbocycles. The third-order valence-electron chi connectivity index (χ3n) is 9.14. The van der Waals surface area contributed by atoms with Gasteiger partial charge in [-0.1, -0.05) is 147 Å². The molecule has 0 saturated heterocycles. The number of nitrogens with two attached hydrogens (primary N) is 1. The molecule has 0 amide bonds. The zero-order valence-electron chi connectivity index (χ0n) is 23.2. The summed E-state index contributed by atoms with van der Waals surface area (Å²) in [5.41, 5.74) is 11.0. The Hall–Kier alpha value is -2.81. The normalized spacial score (nSPS) is 27.6. The van der Waals surface area contributed by atoms with Crippen LogP contribution in [0.25, 0.3) is 0 Å². The molecule has 0 aromatic heterocycles. The molecule has 4 unspecified atom stereocenters. The Labute approximate surface area is 240 Å². The maximum Gasteiger partial charge on any atom is 0.254 e.